The Hall–Kier alpha value is -9.40. The Labute approximate surface area is 557 Å². The minimum absolute atomic E-state index is 0.0563. The lowest BCUT2D eigenvalue weighted by Crippen LogP contribution is -2.10. The molecule has 10 nitrogen and oxygen atoms in total. The van der Waals surface area contributed by atoms with E-state index in [1.54, 1.807) is 50.4 Å². The lowest BCUT2D eigenvalue weighted by molar-refractivity contribution is 0.100. The maximum atomic E-state index is 12.8. The van der Waals surface area contributed by atoms with Crippen molar-refractivity contribution in [3.8, 4) is 0 Å². The van der Waals surface area contributed by atoms with Gasteiger partial charge >= 0.3 is 0 Å². The summed E-state index contributed by atoms with van der Waals surface area (Å²) in [5.41, 5.74) is 23.3. The highest BCUT2D eigenvalue weighted by Crippen LogP contribution is 2.47. The van der Waals surface area contributed by atoms with E-state index < -0.39 is 0 Å². The summed E-state index contributed by atoms with van der Waals surface area (Å²) < 4.78 is 3.45. The molecule has 8 aromatic heterocycles. The predicted molar refractivity (Wildman–Crippen MR) is 386 cm³/mol. The number of ketones is 4. The smallest absolute Gasteiger partial charge is 0.161 e. The molecule has 0 aliphatic rings. The number of aryl methyl sites for hydroxylation is 4. The first-order valence-corrected chi connectivity index (χ1v) is 34.0. The number of aromatic nitrogens is 6. The van der Waals surface area contributed by atoms with Crippen molar-refractivity contribution in [2.45, 2.75) is 107 Å². The highest BCUT2D eigenvalue weighted by molar-refractivity contribution is 9.10. The number of thiophene rings is 2. The Kier molecular flexibility index (Phi) is 16.7. The van der Waals surface area contributed by atoms with Crippen LogP contribution in [0, 0.1) is 55.4 Å². The maximum Gasteiger partial charge on any atom is 0.161 e. The van der Waals surface area contributed by atoms with E-state index in [-0.39, 0.29) is 46.8 Å². The molecule has 466 valence electrons. The molecule has 4 atom stereocenters. The third-order valence-corrected chi connectivity index (χ3v) is 21.6. The fourth-order valence-electron chi connectivity index (χ4n) is 15.3. The molecule has 0 saturated carbocycles. The van der Waals surface area contributed by atoms with Crippen molar-refractivity contribution in [2.24, 2.45) is 0 Å². The highest BCUT2D eigenvalue weighted by Gasteiger charge is 2.34. The van der Waals surface area contributed by atoms with Gasteiger partial charge in [-0.05, 0) is 219 Å². The van der Waals surface area contributed by atoms with Crippen LogP contribution in [-0.2, 0) is 0 Å². The summed E-state index contributed by atoms with van der Waals surface area (Å²) in [6, 6.07) is 53.5. The number of nitrogens with one attached hydrogen (secondary N) is 6. The zero-order valence-electron chi connectivity index (χ0n) is 54.2. The van der Waals surface area contributed by atoms with Crippen LogP contribution in [0.15, 0.2) is 167 Å². The van der Waals surface area contributed by atoms with E-state index in [0.717, 1.165) is 134 Å². The molecule has 93 heavy (non-hydrogen) atoms. The summed E-state index contributed by atoms with van der Waals surface area (Å²) >= 11 is 7.17. The van der Waals surface area contributed by atoms with E-state index in [1.807, 2.05) is 55.4 Å². The molecule has 0 aliphatic heterocycles. The number of H-pyrrole nitrogens is 6. The average Bonchev–Trinajstić information content (AvgIpc) is 1.74. The van der Waals surface area contributed by atoms with Crippen LogP contribution in [0.4, 0.5) is 0 Å². The van der Waals surface area contributed by atoms with E-state index in [9.17, 15) is 19.2 Å². The Morgan fingerprint density at radius 3 is 1.01 bits per heavy atom. The van der Waals surface area contributed by atoms with Gasteiger partial charge in [-0.3, -0.25) is 19.2 Å². The molecule has 0 spiro atoms. The van der Waals surface area contributed by atoms with Crippen molar-refractivity contribution in [1.82, 2.24) is 29.9 Å². The molecule has 4 unspecified atom stereocenters. The molecule has 0 fully saturated rings. The Morgan fingerprint density at radius 1 is 0.333 bits per heavy atom. The maximum absolute atomic E-state index is 12.8. The van der Waals surface area contributed by atoms with E-state index in [0.29, 0.717) is 0 Å². The zero-order chi connectivity index (χ0) is 65.4. The number of rotatable bonds is 16. The first kappa shape index (κ1) is 62.4. The first-order chi connectivity index (χ1) is 44.7. The molecule has 13 heteroatoms. The fraction of sp³-hybridized carbons (Fsp3) is 0.200. The lowest BCUT2D eigenvalue weighted by atomic mass is 9.86. The average molecular weight is 1330 g/mol. The number of aromatic amines is 6. The largest absolute Gasteiger partial charge is 0.361 e. The molecule has 14 aromatic rings. The summed E-state index contributed by atoms with van der Waals surface area (Å²) in [4.78, 5) is 73.3. The summed E-state index contributed by atoms with van der Waals surface area (Å²) in [5.74, 6) is -0.448. The molecule has 6 aromatic carbocycles. The van der Waals surface area contributed by atoms with Crippen molar-refractivity contribution < 1.29 is 19.2 Å². The predicted octanol–water partition coefficient (Wildman–Crippen LogP) is 20.8. The summed E-state index contributed by atoms with van der Waals surface area (Å²) in [7, 11) is 0. The van der Waals surface area contributed by atoms with Gasteiger partial charge in [0.2, 0.25) is 0 Å². The van der Waals surface area contributed by atoms with Gasteiger partial charge in [0.1, 0.15) is 0 Å². The van der Waals surface area contributed by atoms with Gasteiger partial charge < -0.3 is 29.9 Å². The fourth-order valence-corrected chi connectivity index (χ4v) is 17.6. The van der Waals surface area contributed by atoms with E-state index in [2.05, 4.69) is 208 Å². The van der Waals surface area contributed by atoms with Crippen molar-refractivity contribution in [1.29, 1.82) is 0 Å². The Bertz CT molecular complexity index is 5290. The van der Waals surface area contributed by atoms with Crippen molar-refractivity contribution in [2.75, 3.05) is 0 Å². The number of hydrogen-bond acceptors (Lipinski definition) is 6. The number of carbonyl (C=O) groups is 4. The summed E-state index contributed by atoms with van der Waals surface area (Å²) in [5, 5.41) is 11.5. The second-order valence-electron chi connectivity index (χ2n) is 25.0. The molecular weight excluding hydrogens is 1250 g/mol. The summed E-state index contributed by atoms with van der Waals surface area (Å²) in [6.45, 7) is 22.7. The van der Waals surface area contributed by atoms with Gasteiger partial charge in [0.15, 0.2) is 23.1 Å². The minimum atomic E-state index is -0.185. The molecular formula is C80H73BrN6O4S2. The molecule has 0 aliphatic carbocycles. The van der Waals surface area contributed by atoms with E-state index >= 15 is 0 Å². The van der Waals surface area contributed by atoms with Gasteiger partial charge in [-0.2, -0.15) is 0 Å². The molecule has 0 amide bonds. The number of carbonyl (C=O) groups excluding carboxylic acids is 4. The van der Waals surface area contributed by atoms with Gasteiger partial charge in [0.25, 0.3) is 0 Å². The third-order valence-electron chi connectivity index (χ3n) is 19.1. The zero-order valence-corrected chi connectivity index (χ0v) is 57.4. The molecule has 6 N–H and O–H groups in total. The molecule has 8 heterocycles. The molecule has 0 radical (unpaired) electrons. The summed E-state index contributed by atoms with van der Waals surface area (Å²) in [6.07, 6.45) is 0. The highest BCUT2D eigenvalue weighted by atomic mass is 79.9. The Balaban J connectivity index is 0.000000169. The number of halogens is 1. The molecule has 14 rings (SSSR count). The van der Waals surface area contributed by atoms with Gasteiger partial charge in [0, 0.05) is 104 Å². The van der Waals surface area contributed by atoms with Crippen molar-refractivity contribution in [3.05, 3.63) is 302 Å². The monoisotopic (exact) mass is 1320 g/mol. The third kappa shape index (κ3) is 11.0. The van der Waals surface area contributed by atoms with E-state index in [1.165, 1.54) is 47.5 Å². The second-order valence-corrected chi connectivity index (χ2v) is 27.7. The van der Waals surface area contributed by atoms with Gasteiger partial charge in [0.05, 0.1) is 23.7 Å². The first-order valence-electron chi connectivity index (χ1n) is 31.5. The lowest BCUT2D eigenvalue weighted by Gasteiger charge is -2.21. The second kappa shape index (κ2) is 24.9. The normalized spacial score (nSPS) is 13.0. The van der Waals surface area contributed by atoms with Crippen molar-refractivity contribution in [3.63, 3.8) is 0 Å². The van der Waals surface area contributed by atoms with Crippen LogP contribution >= 0.6 is 38.6 Å². The van der Waals surface area contributed by atoms with Gasteiger partial charge in [-0.1, -0.05) is 119 Å². The Morgan fingerprint density at radius 2 is 0.645 bits per heavy atom. The van der Waals surface area contributed by atoms with Gasteiger partial charge in [-0.15, -0.1) is 22.7 Å². The standard InChI is InChI=1S/C40H36BrN3O2S.C40H37N3O2S/c1-20-35(24(5)45)22(3)42-39(20)37(29-13-9-11-26-10-7-8-12-28(26)29)32-15-16-33(44-32)38(40-21(2)36(25(6)46)23(4)43-40)31-19-47-34-17-14-27(41)18-30(31)34;1-21-35(25(5)44)23(3)41-39(21)37(30-16-11-13-27-12-7-8-14-28(27)30)32-18-19-33(43-32)38(31-20-46-34-17-10-9-15-29(31)34)40-22(2)36(26(6)45)24(4)42-40/h7-19,37-38,42-44H,1-6H3;7-20,37-38,41-43H,1-6H3. The quantitative estimate of drug-likeness (QED) is 0.0531. The number of fused-ring (bicyclic) bond motifs is 4. The van der Waals surface area contributed by atoms with Crippen LogP contribution in [0.2, 0.25) is 0 Å². The van der Waals surface area contributed by atoms with Crippen molar-refractivity contribution >= 4 is 103 Å². The SMILES string of the molecule is CC(=O)c1c(C)[nH]c(C(c2ccc(C(c3[nH]c(C)c(C(C)=O)c3C)c3csc4ccc(Br)cc34)[nH]2)c2cccc3ccccc23)c1C.CC(=O)c1c(C)[nH]c(C(c2ccc(C(c3[nH]c(C)c(C(C)=O)c3C)c3csc4ccccc34)[nH]2)c2cccc3ccccc23)c1C. The van der Waals surface area contributed by atoms with E-state index in [4.69, 9.17) is 0 Å². The minimum Gasteiger partial charge on any atom is -0.361 e. The van der Waals surface area contributed by atoms with Crippen LogP contribution in [0.1, 0.15) is 206 Å². The van der Waals surface area contributed by atoms with Crippen LogP contribution in [0.25, 0.3) is 41.7 Å². The van der Waals surface area contributed by atoms with Crippen LogP contribution in [0.5, 0.6) is 0 Å². The molecule has 0 bridgehead atoms. The number of hydrogen-bond donors (Lipinski definition) is 6. The van der Waals surface area contributed by atoms with Crippen LogP contribution in [0.3, 0.4) is 0 Å². The number of Topliss-reactive ketones (excluding diaryl/α,β-unsaturated/α-hetero) is 4. The van der Waals surface area contributed by atoms with Crippen LogP contribution < -0.4 is 0 Å². The topological polar surface area (TPSA) is 163 Å². The number of benzene rings is 6. The van der Waals surface area contributed by atoms with Crippen LogP contribution in [-0.4, -0.2) is 53.0 Å². The van der Waals surface area contributed by atoms with Gasteiger partial charge in [-0.25, -0.2) is 0 Å². The molecule has 0 saturated heterocycles.